The maximum atomic E-state index is 11.4. The van der Waals surface area contributed by atoms with Gasteiger partial charge in [0, 0.05) is 16.8 Å². The van der Waals surface area contributed by atoms with E-state index in [1.54, 1.807) is 23.5 Å². The molecule has 1 atom stereocenters. The molecule has 0 radical (unpaired) electrons. The van der Waals surface area contributed by atoms with Crippen molar-refractivity contribution >= 4 is 29.6 Å². The number of hydrogen-bond acceptors (Lipinski definition) is 6. The number of nitrogens with two attached hydrogens (primary N) is 2. The summed E-state index contributed by atoms with van der Waals surface area (Å²) < 4.78 is 4.92. The lowest BCUT2D eigenvalue weighted by Gasteiger charge is -2.12. The van der Waals surface area contributed by atoms with Gasteiger partial charge in [-0.25, -0.2) is 0 Å². The van der Waals surface area contributed by atoms with Crippen LogP contribution in [0.4, 0.5) is 0 Å². The smallest absolute Gasteiger partial charge is 0.324 e. The van der Waals surface area contributed by atoms with E-state index in [0.717, 1.165) is 4.88 Å². The number of aliphatic imine (C=N–C) groups is 1. The van der Waals surface area contributed by atoms with Gasteiger partial charge in [0.25, 0.3) is 0 Å². The second-order valence-corrected chi connectivity index (χ2v) is 5.69. The fourth-order valence-electron chi connectivity index (χ4n) is 1.27. The van der Waals surface area contributed by atoms with Gasteiger partial charge in [0.2, 0.25) is 0 Å². The van der Waals surface area contributed by atoms with Gasteiger partial charge in [0.15, 0.2) is 6.73 Å². The molecule has 114 valence electrons. The largest absolute Gasteiger partial charge is 0.441 e. The maximum absolute atomic E-state index is 11.4. The molecule has 0 bridgehead atoms. The van der Waals surface area contributed by atoms with Crippen LogP contribution < -0.4 is 11.5 Å². The quantitative estimate of drug-likeness (QED) is 0.459. The molecule has 4 N–H and O–H groups in total. The lowest BCUT2D eigenvalue weighted by molar-refractivity contribution is -0.145. The molecule has 1 heterocycles. The molecular formula is C15H21N3O2S. The van der Waals surface area contributed by atoms with Crippen LogP contribution in [0, 0.1) is 5.92 Å². The number of ether oxygens (including phenoxy) is 1. The van der Waals surface area contributed by atoms with E-state index in [0.29, 0.717) is 5.70 Å². The highest BCUT2D eigenvalue weighted by Gasteiger charge is 2.17. The summed E-state index contributed by atoms with van der Waals surface area (Å²) in [6, 6.07) is 3.36. The van der Waals surface area contributed by atoms with Gasteiger partial charge in [-0.3, -0.25) is 9.79 Å². The van der Waals surface area contributed by atoms with Crippen LogP contribution in [-0.2, 0) is 9.53 Å². The van der Waals surface area contributed by atoms with Crippen LogP contribution in [0.5, 0.6) is 0 Å². The molecule has 0 saturated carbocycles. The highest BCUT2D eigenvalue weighted by molar-refractivity contribution is 7.10. The van der Waals surface area contributed by atoms with E-state index >= 15 is 0 Å². The predicted octanol–water partition coefficient (Wildman–Crippen LogP) is 2.16. The first-order chi connectivity index (χ1) is 10.0. The monoisotopic (exact) mass is 307 g/mol. The Morgan fingerprint density at radius 2 is 2.29 bits per heavy atom. The molecule has 1 rings (SSSR count). The highest BCUT2D eigenvalue weighted by atomic mass is 32.1. The highest BCUT2D eigenvalue weighted by Crippen LogP contribution is 2.10. The summed E-state index contributed by atoms with van der Waals surface area (Å²) >= 11 is 1.63. The number of nitrogens with zero attached hydrogens (tertiary/aromatic N) is 1. The van der Waals surface area contributed by atoms with Gasteiger partial charge in [-0.05, 0) is 35.6 Å². The fraction of sp³-hybridized carbons (Fsp3) is 0.333. The zero-order valence-corrected chi connectivity index (χ0v) is 13.0. The topological polar surface area (TPSA) is 90.7 Å². The first-order valence-corrected chi connectivity index (χ1v) is 7.48. The van der Waals surface area contributed by atoms with E-state index < -0.39 is 12.0 Å². The molecule has 6 heteroatoms. The van der Waals surface area contributed by atoms with Crippen LogP contribution >= 0.6 is 11.3 Å². The molecule has 1 aromatic heterocycles. The first kappa shape index (κ1) is 17.1. The average molecular weight is 307 g/mol. The summed E-state index contributed by atoms with van der Waals surface area (Å²) in [4.78, 5) is 16.5. The fourth-order valence-corrected chi connectivity index (χ4v) is 1.89. The van der Waals surface area contributed by atoms with Crippen molar-refractivity contribution < 1.29 is 9.53 Å². The summed E-state index contributed by atoms with van der Waals surface area (Å²) in [7, 11) is 0. The van der Waals surface area contributed by atoms with E-state index in [1.807, 2.05) is 37.4 Å². The molecule has 0 fully saturated rings. The van der Waals surface area contributed by atoms with Gasteiger partial charge >= 0.3 is 5.97 Å². The van der Waals surface area contributed by atoms with Crippen molar-refractivity contribution in [3.05, 3.63) is 40.2 Å². The zero-order chi connectivity index (χ0) is 15.7. The normalized spacial score (nSPS) is 14.2. The van der Waals surface area contributed by atoms with Gasteiger partial charge < -0.3 is 16.2 Å². The van der Waals surface area contributed by atoms with Crippen molar-refractivity contribution in [2.75, 3.05) is 6.73 Å². The Hall–Kier alpha value is -1.92. The van der Waals surface area contributed by atoms with Crippen molar-refractivity contribution in [3.63, 3.8) is 0 Å². The molecule has 1 unspecified atom stereocenters. The third-order valence-electron chi connectivity index (χ3n) is 2.63. The van der Waals surface area contributed by atoms with Crippen LogP contribution in [0.25, 0.3) is 6.08 Å². The number of thiophene rings is 1. The molecule has 21 heavy (non-hydrogen) atoms. The Kier molecular flexibility index (Phi) is 7.42. The Labute approximate surface area is 129 Å². The van der Waals surface area contributed by atoms with Crippen LogP contribution in [0.2, 0.25) is 0 Å². The van der Waals surface area contributed by atoms with Crippen molar-refractivity contribution in [3.8, 4) is 0 Å². The second-order valence-electron chi connectivity index (χ2n) is 4.71. The zero-order valence-electron chi connectivity index (χ0n) is 12.2. The molecule has 0 aromatic carbocycles. The van der Waals surface area contributed by atoms with Crippen LogP contribution in [-0.4, -0.2) is 25.0 Å². The number of carbonyl (C=O) groups is 1. The van der Waals surface area contributed by atoms with Crippen molar-refractivity contribution in [2.45, 2.75) is 19.9 Å². The lowest BCUT2D eigenvalue weighted by atomic mass is 10.1. The molecule has 0 amide bonds. The summed E-state index contributed by atoms with van der Waals surface area (Å²) in [5, 5.41) is 2.00. The van der Waals surface area contributed by atoms with Crippen molar-refractivity contribution in [1.82, 2.24) is 0 Å². The van der Waals surface area contributed by atoms with Gasteiger partial charge in [0.1, 0.15) is 6.04 Å². The SMILES string of the molecule is CC(C)C(N)C(=O)OC/N=C/C=C(N)/C=C/c1cccs1. The lowest BCUT2D eigenvalue weighted by Crippen LogP contribution is -2.37. The summed E-state index contributed by atoms with van der Waals surface area (Å²) in [6.07, 6.45) is 6.85. The summed E-state index contributed by atoms with van der Waals surface area (Å²) in [6.45, 7) is 3.66. The van der Waals surface area contributed by atoms with E-state index in [-0.39, 0.29) is 12.6 Å². The summed E-state index contributed by atoms with van der Waals surface area (Å²) in [5.41, 5.74) is 12.0. The number of hydrogen-bond donors (Lipinski definition) is 2. The minimum absolute atomic E-state index is 0.0411. The minimum atomic E-state index is -0.616. The van der Waals surface area contributed by atoms with Crippen molar-refractivity contribution in [1.29, 1.82) is 0 Å². The standard InChI is InChI=1S/C15H21N3O2S/c1-11(2)14(17)15(19)20-10-18-8-7-12(16)5-6-13-4-3-9-21-13/h3-9,11,14H,10,16-17H2,1-2H3/b6-5+,12-7-,18-8+. The number of carbonyl (C=O) groups excluding carboxylic acids is 1. The third kappa shape index (κ3) is 6.87. The average Bonchev–Trinajstić information content (AvgIpc) is 2.96. The van der Waals surface area contributed by atoms with Crippen molar-refractivity contribution in [2.24, 2.45) is 22.4 Å². The summed E-state index contributed by atoms with van der Waals surface area (Å²) in [5.74, 6) is -0.406. The minimum Gasteiger partial charge on any atom is -0.441 e. The number of rotatable bonds is 7. The molecule has 1 aromatic rings. The van der Waals surface area contributed by atoms with Crippen LogP contribution in [0.15, 0.2) is 40.4 Å². The molecule has 0 aliphatic carbocycles. The molecule has 0 aliphatic heterocycles. The Balaban J connectivity index is 2.33. The van der Waals surface area contributed by atoms with E-state index in [9.17, 15) is 4.79 Å². The van der Waals surface area contributed by atoms with Gasteiger partial charge in [0.05, 0.1) is 0 Å². The molecule has 0 spiro atoms. The number of allylic oxidation sites excluding steroid dienone is 2. The predicted molar refractivity (Wildman–Crippen MR) is 87.9 cm³/mol. The molecule has 5 nitrogen and oxygen atoms in total. The second kappa shape index (κ2) is 9.10. The molecule has 0 saturated heterocycles. The Bertz CT molecular complexity index is 519. The Morgan fingerprint density at radius 3 is 2.90 bits per heavy atom. The van der Waals surface area contributed by atoms with Crippen LogP contribution in [0.3, 0.4) is 0 Å². The van der Waals surface area contributed by atoms with E-state index in [2.05, 4.69) is 4.99 Å². The maximum Gasteiger partial charge on any atom is 0.324 e. The van der Waals surface area contributed by atoms with Gasteiger partial charge in [-0.1, -0.05) is 19.9 Å². The van der Waals surface area contributed by atoms with Gasteiger partial charge in [-0.2, -0.15) is 0 Å². The van der Waals surface area contributed by atoms with Crippen LogP contribution in [0.1, 0.15) is 18.7 Å². The molecule has 0 aliphatic rings. The van der Waals surface area contributed by atoms with E-state index in [4.69, 9.17) is 16.2 Å². The van der Waals surface area contributed by atoms with Gasteiger partial charge in [-0.15, -0.1) is 11.3 Å². The first-order valence-electron chi connectivity index (χ1n) is 6.60. The van der Waals surface area contributed by atoms with E-state index in [1.165, 1.54) is 6.21 Å². The Morgan fingerprint density at radius 1 is 1.52 bits per heavy atom. The number of esters is 1. The third-order valence-corrected chi connectivity index (χ3v) is 3.46. The molecular weight excluding hydrogens is 286 g/mol.